The molecule has 7 heteroatoms. The SMILES string of the molecule is CN=C(NCCc1ccc(F)cc1F)N(C)Cc1nc2c(s1)CCCC2. The molecule has 0 radical (unpaired) electrons. The maximum Gasteiger partial charge on any atom is 0.193 e. The first-order chi connectivity index (χ1) is 12.6. The van der Waals surface area contributed by atoms with Crippen molar-refractivity contribution >= 4 is 17.3 Å². The van der Waals surface area contributed by atoms with Gasteiger partial charge in [0, 0.05) is 31.6 Å². The van der Waals surface area contributed by atoms with Gasteiger partial charge in [0.15, 0.2) is 5.96 Å². The van der Waals surface area contributed by atoms with Gasteiger partial charge in [0.1, 0.15) is 16.6 Å². The second-order valence-electron chi connectivity index (χ2n) is 6.50. The Morgan fingerprint density at radius 1 is 1.31 bits per heavy atom. The second kappa shape index (κ2) is 8.58. The normalized spacial score (nSPS) is 14.2. The van der Waals surface area contributed by atoms with E-state index in [0.717, 1.165) is 29.9 Å². The number of hydrogen-bond donors (Lipinski definition) is 1. The van der Waals surface area contributed by atoms with E-state index in [9.17, 15) is 8.78 Å². The molecule has 0 amide bonds. The van der Waals surface area contributed by atoms with Crippen molar-refractivity contribution in [3.05, 3.63) is 51.0 Å². The van der Waals surface area contributed by atoms with Gasteiger partial charge in [0.05, 0.1) is 12.2 Å². The van der Waals surface area contributed by atoms with Gasteiger partial charge in [-0.15, -0.1) is 11.3 Å². The molecule has 140 valence electrons. The highest BCUT2D eigenvalue weighted by Gasteiger charge is 2.17. The smallest absolute Gasteiger partial charge is 0.193 e. The Balaban J connectivity index is 1.53. The molecule has 0 bridgehead atoms. The number of aliphatic imine (C=N–C) groups is 1. The van der Waals surface area contributed by atoms with Gasteiger partial charge >= 0.3 is 0 Å². The van der Waals surface area contributed by atoms with E-state index >= 15 is 0 Å². The largest absolute Gasteiger partial charge is 0.356 e. The van der Waals surface area contributed by atoms with Crippen molar-refractivity contribution in [1.29, 1.82) is 0 Å². The molecule has 1 aliphatic rings. The summed E-state index contributed by atoms with van der Waals surface area (Å²) in [4.78, 5) is 12.5. The number of aromatic nitrogens is 1. The molecule has 2 aromatic rings. The number of nitrogens with one attached hydrogen (secondary N) is 1. The van der Waals surface area contributed by atoms with Crippen molar-refractivity contribution in [1.82, 2.24) is 15.2 Å². The van der Waals surface area contributed by atoms with Crippen molar-refractivity contribution < 1.29 is 8.78 Å². The number of rotatable bonds is 5. The predicted octanol–water partition coefficient (Wildman–Crippen LogP) is 3.55. The molecule has 1 aromatic carbocycles. The van der Waals surface area contributed by atoms with Crippen LogP contribution in [0.1, 0.15) is 34.0 Å². The molecule has 1 aliphatic carbocycles. The molecule has 0 atom stereocenters. The number of thiazole rings is 1. The van der Waals surface area contributed by atoms with E-state index < -0.39 is 11.6 Å². The third-order valence-corrected chi connectivity index (χ3v) is 5.67. The molecule has 0 unspecified atom stereocenters. The number of halogens is 2. The van der Waals surface area contributed by atoms with Gasteiger partial charge in [-0.05, 0) is 43.7 Å². The van der Waals surface area contributed by atoms with Crippen LogP contribution in [0.15, 0.2) is 23.2 Å². The maximum atomic E-state index is 13.7. The Morgan fingerprint density at radius 2 is 2.12 bits per heavy atom. The number of fused-ring (bicyclic) bond motifs is 1. The lowest BCUT2D eigenvalue weighted by atomic mass is 10.0. The van der Waals surface area contributed by atoms with Crippen LogP contribution < -0.4 is 5.32 Å². The first kappa shape index (κ1) is 18.8. The first-order valence-electron chi connectivity index (χ1n) is 8.90. The zero-order valence-electron chi connectivity index (χ0n) is 15.2. The summed E-state index contributed by atoms with van der Waals surface area (Å²) in [7, 11) is 3.69. The Bertz CT molecular complexity index is 764. The van der Waals surface area contributed by atoms with Crippen LogP contribution in [0.3, 0.4) is 0 Å². The van der Waals surface area contributed by atoms with Gasteiger partial charge in [0.25, 0.3) is 0 Å². The third kappa shape index (κ3) is 4.58. The lowest BCUT2D eigenvalue weighted by Gasteiger charge is -2.21. The van der Waals surface area contributed by atoms with E-state index in [1.165, 1.54) is 35.5 Å². The van der Waals surface area contributed by atoms with Crippen LogP contribution in [0.25, 0.3) is 0 Å². The van der Waals surface area contributed by atoms with Crippen LogP contribution in [-0.2, 0) is 25.8 Å². The minimum atomic E-state index is -0.555. The zero-order chi connectivity index (χ0) is 18.5. The summed E-state index contributed by atoms with van der Waals surface area (Å²) in [5, 5.41) is 4.34. The Hall–Kier alpha value is -2.02. The fraction of sp³-hybridized carbons (Fsp3) is 0.474. The number of guanidine groups is 1. The molecule has 26 heavy (non-hydrogen) atoms. The van der Waals surface area contributed by atoms with Crippen LogP contribution in [0, 0.1) is 11.6 Å². The van der Waals surface area contributed by atoms with Crippen molar-refractivity contribution in [3.63, 3.8) is 0 Å². The standard InChI is InChI=1S/C19H24F2N4S/c1-22-19(23-10-9-13-7-8-14(20)11-15(13)21)25(2)12-18-24-16-5-3-4-6-17(16)26-18/h7-8,11H,3-6,9-10,12H2,1-2H3,(H,22,23). The van der Waals surface area contributed by atoms with Crippen LogP contribution in [0.2, 0.25) is 0 Å². The summed E-state index contributed by atoms with van der Waals surface area (Å²) in [5.41, 5.74) is 1.75. The van der Waals surface area contributed by atoms with E-state index in [0.29, 0.717) is 25.1 Å². The first-order valence-corrected chi connectivity index (χ1v) is 9.71. The molecule has 4 nitrogen and oxygen atoms in total. The van der Waals surface area contributed by atoms with E-state index in [-0.39, 0.29) is 0 Å². The van der Waals surface area contributed by atoms with Gasteiger partial charge in [0.2, 0.25) is 0 Å². The van der Waals surface area contributed by atoms with Gasteiger partial charge in [-0.25, -0.2) is 13.8 Å². The fourth-order valence-electron chi connectivity index (χ4n) is 3.17. The van der Waals surface area contributed by atoms with Crippen molar-refractivity contribution in [2.75, 3.05) is 20.6 Å². The molecule has 0 saturated heterocycles. The number of aryl methyl sites for hydroxylation is 2. The molecule has 0 saturated carbocycles. The highest BCUT2D eigenvalue weighted by atomic mass is 32.1. The molecular weight excluding hydrogens is 354 g/mol. The summed E-state index contributed by atoms with van der Waals surface area (Å²) in [6, 6.07) is 3.68. The highest BCUT2D eigenvalue weighted by molar-refractivity contribution is 7.11. The van der Waals surface area contributed by atoms with Crippen LogP contribution in [0.5, 0.6) is 0 Å². The van der Waals surface area contributed by atoms with E-state index in [2.05, 4.69) is 10.3 Å². The monoisotopic (exact) mass is 378 g/mol. The van der Waals surface area contributed by atoms with E-state index in [1.54, 1.807) is 18.4 Å². The third-order valence-electron chi connectivity index (χ3n) is 4.53. The maximum absolute atomic E-state index is 13.7. The van der Waals surface area contributed by atoms with Crippen molar-refractivity contribution in [3.8, 4) is 0 Å². The zero-order valence-corrected chi connectivity index (χ0v) is 16.0. The van der Waals surface area contributed by atoms with E-state index in [1.807, 2.05) is 11.9 Å². The average Bonchev–Trinajstić information content (AvgIpc) is 3.02. The van der Waals surface area contributed by atoms with Crippen molar-refractivity contribution in [2.45, 2.75) is 38.6 Å². The molecule has 1 N–H and O–H groups in total. The minimum absolute atomic E-state index is 0.463. The highest BCUT2D eigenvalue weighted by Crippen LogP contribution is 2.27. The topological polar surface area (TPSA) is 40.5 Å². The lowest BCUT2D eigenvalue weighted by molar-refractivity contribution is 0.474. The minimum Gasteiger partial charge on any atom is -0.356 e. The Morgan fingerprint density at radius 3 is 2.85 bits per heavy atom. The molecule has 0 fully saturated rings. The summed E-state index contributed by atoms with van der Waals surface area (Å²) < 4.78 is 26.7. The summed E-state index contributed by atoms with van der Waals surface area (Å²) in [6.45, 7) is 1.22. The molecule has 1 aromatic heterocycles. The summed E-state index contributed by atoms with van der Waals surface area (Å²) in [5.74, 6) is -0.329. The fourth-order valence-corrected chi connectivity index (χ4v) is 4.38. The molecular formula is C19H24F2N4S. The number of benzene rings is 1. The van der Waals surface area contributed by atoms with E-state index in [4.69, 9.17) is 4.98 Å². The Kier molecular flexibility index (Phi) is 6.19. The van der Waals surface area contributed by atoms with Gasteiger partial charge in [-0.3, -0.25) is 4.99 Å². The molecule has 0 aliphatic heterocycles. The van der Waals surface area contributed by atoms with Crippen molar-refractivity contribution in [2.24, 2.45) is 4.99 Å². The van der Waals surface area contributed by atoms with Crippen LogP contribution >= 0.6 is 11.3 Å². The van der Waals surface area contributed by atoms with Gasteiger partial charge in [-0.1, -0.05) is 6.07 Å². The van der Waals surface area contributed by atoms with Gasteiger partial charge in [-0.2, -0.15) is 0 Å². The number of nitrogens with zero attached hydrogens (tertiary/aromatic N) is 3. The van der Waals surface area contributed by atoms with Crippen LogP contribution in [0.4, 0.5) is 8.78 Å². The number of hydrogen-bond acceptors (Lipinski definition) is 3. The summed E-state index contributed by atoms with van der Waals surface area (Å²) in [6.07, 6.45) is 5.19. The molecule has 3 rings (SSSR count). The second-order valence-corrected chi connectivity index (χ2v) is 7.67. The van der Waals surface area contributed by atoms with Gasteiger partial charge < -0.3 is 10.2 Å². The average molecular weight is 378 g/mol. The summed E-state index contributed by atoms with van der Waals surface area (Å²) >= 11 is 1.79. The lowest BCUT2D eigenvalue weighted by Crippen LogP contribution is -2.39. The quantitative estimate of drug-likeness (QED) is 0.639. The predicted molar refractivity (Wildman–Crippen MR) is 102 cm³/mol. The molecule has 0 spiro atoms. The van der Waals surface area contributed by atoms with Crippen LogP contribution in [-0.4, -0.2) is 36.5 Å². The Labute approximate surface area is 157 Å². The molecule has 1 heterocycles.